The van der Waals surface area contributed by atoms with E-state index in [-0.39, 0.29) is 6.04 Å². The van der Waals surface area contributed by atoms with Crippen molar-refractivity contribution in [3.8, 4) is 5.75 Å². The summed E-state index contributed by atoms with van der Waals surface area (Å²) in [5.74, 6) is 0.389. The van der Waals surface area contributed by atoms with Gasteiger partial charge in [0.05, 0.1) is 0 Å². The van der Waals surface area contributed by atoms with Crippen LogP contribution >= 0.6 is 15.9 Å². The number of aromatic hydroxyl groups is 1. The quantitative estimate of drug-likeness (QED) is 0.751. The van der Waals surface area contributed by atoms with Crippen LogP contribution in [-0.4, -0.2) is 22.6 Å². The van der Waals surface area contributed by atoms with Gasteiger partial charge in [0.1, 0.15) is 5.75 Å². The maximum Gasteiger partial charge on any atom is 0.120 e. The van der Waals surface area contributed by atoms with Crippen LogP contribution in [0.5, 0.6) is 5.75 Å². The molecule has 2 nitrogen and oxygen atoms in total. The first kappa shape index (κ1) is 16.5. The lowest BCUT2D eigenvalue weighted by Crippen LogP contribution is -2.35. The van der Waals surface area contributed by atoms with Crippen molar-refractivity contribution in [1.82, 2.24) is 4.90 Å². The minimum absolute atomic E-state index is 0.235. The molecule has 0 radical (unpaired) electrons. The molecule has 0 aromatic heterocycles. The summed E-state index contributed by atoms with van der Waals surface area (Å²) in [5.41, 5.74) is 1.01. The molecule has 108 valence electrons. The molecule has 0 aliphatic rings. The Bertz CT molecular complexity index is 394. The van der Waals surface area contributed by atoms with Gasteiger partial charge in [0.25, 0.3) is 0 Å². The highest BCUT2D eigenvalue weighted by Crippen LogP contribution is 2.32. The van der Waals surface area contributed by atoms with Gasteiger partial charge in [0, 0.05) is 22.1 Å². The summed E-state index contributed by atoms with van der Waals surface area (Å²) in [7, 11) is 0. The van der Waals surface area contributed by atoms with Crippen molar-refractivity contribution in [2.24, 2.45) is 0 Å². The molecule has 0 amide bonds. The Kier molecular flexibility index (Phi) is 6.87. The van der Waals surface area contributed by atoms with Crippen molar-refractivity contribution in [2.75, 3.05) is 6.54 Å². The zero-order valence-corrected chi connectivity index (χ0v) is 14.1. The topological polar surface area (TPSA) is 23.5 Å². The predicted molar refractivity (Wildman–Crippen MR) is 85.6 cm³/mol. The van der Waals surface area contributed by atoms with Crippen LogP contribution in [-0.2, 0) is 0 Å². The van der Waals surface area contributed by atoms with Crippen molar-refractivity contribution in [1.29, 1.82) is 0 Å². The minimum Gasteiger partial charge on any atom is -0.508 e. The molecule has 0 saturated carbocycles. The molecule has 0 saturated heterocycles. The normalized spacial score (nSPS) is 14.6. The number of unbranched alkanes of at least 4 members (excludes halogenated alkanes) is 1. The fraction of sp³-hybridized carbons (Fsp3) is 0.625. The lowest BCUT2D eigenvalue weighted by atomic mass is 10.0. The van der Waals surface area contributed by atoms with Gasteiger partial charge >= 0.3 is 0 Å². The van der Waals surface area contributed by atoms with Crippen molar-refractivity contribution in [2.45, 2.75) is 59.0 Å². The second-order valence-electron chi connectivity index (χ2n) is 5.23. The number of rotatable bonds is 7. The largest absolute Gasteiger partial charge is 0.508 e. The molecule has 2 atom stereocenters. The van der Waals surface area contributed by atoms with Gasteiger partial charge in [-0.25, -0.2) is 0 Å². The van der Waals surface area contributed by atoms with Crippen LogP contribution in [0.4, 0.5) is 0 Å². The highest BCUT2D eigenvalue weighted by molar-refractivity contribution is 9.10. The summed E-state index contributed by atoms with van der Waals surface area (Å²) in [6, 6.07) is 6.44. The first-order valence-electron chi connectivity index (χ1n) is 7.25. The second kappa shape index (κ2) is 7.91. The summed E-state index contributed by atoms with van der Waals surface area (Å²) in [4.78, 5) is 2.49. The average molecular weight is 328 g/mol. The zero-order chi connectivity index (χ0) is 14.4. The van der Waals surface area contributed by atoms with Gasteiger partial charge in [-0.1, -0.05) is 36.2 Å². The van der Waals surface area contributed by atoms with E-state index in [4.69, 9.17) is 0 Å². The Morgan fingerprint density at radius 3 is 2.53 bits per heavy atom. The molecular formula is C16H26BrNO. The summed E-state index contributed by atoms with van der Waals surface area (Å²) < 4.78 is 1.02. The second-order valence-corrected chi connectivity index (χ2v) is 6.14. The lowest BCUT2D eigenvalue weighted by molar-refractivity contribution is 0.145. The van der Waals surface area contributed by atoms with E-state index >= 15 is 0 Å². The molecule has 1 aromatic carbocycles. The van der Waals surface area contributed by atoms with Crippen molar-refractivity contribution in [3.05, 3.63) is 28.2 Å². The van der Waals surface area contributed by atoms with E-state index in [0.29, 0.717) is 11.8 Å². The Morgan fingerprint density at radius 1 is 1.26 bits per heavy atom. The smallest absolute Gasteiger partial charge is 0.120 e. The van der Waals surface area contributed by atoms with Gasteiger partial charge in [-0.3, -0.25) is 4.90 Å². The summed E-state index contributed by atoms with van der Waals surface area (Å²) in [5, 5.41) is 10.1. The van der Waals surface area contributed by atoms with Gasteiger partial charge in [-0.15, -0.1) is 0 Å². The van der Waals surface area contributed by atoms with Gasteiger partial charge in [0.2, 0.25) is 0 Å². The van der Waals surface area contributed by atoms with Crippen LogP contribution in [0.2, 0.25) is 0 Å². The number of halogens is 1. The summed E-state index contributed by atoms with van der Waals surface area (Å²) >= 11 is 3.49. The lowest BCUT2D eigenvalue weighted by Gasteiger charge is -2.34. The number of phenols is 1. The standard InChI is InChI=1S/C16H26BrNO/c1-5-7-10-18(12(3)6-2)13(4)15-11-14(17)8-9-16(15)19/h8-9,11-13,19H,5-7,10H2,1-4H3. The molecule has 1 rings (SSSR count). The Hall–Kier alpha value is -0.540. The highest BCUT2D eigenvalue weighted by atomic mass is 79.9. The molecule has 3 heteroatoms. The van der Waals surface area contributed by atoms with Crippen LogP contribution in [0, 0.1) is 0 Å². The molecule has 0 heterocycles. The van der Waals surface area contributed by atoms with E-state index in [0.717, 1.165) is 23.0 Å². The third-order valence-corrected chi connectivity index (χ3v) is 4.36. The first-order valence-corrected chi connectivity index (χ1v) is 8.04. The maximum absolute atomic E-state index is 10.1. The Labute approximate surface area is 126 Å². The zero-order valence-electron chi connectivity index (χ0n) is 12.5. The number of phenolic OH excluding ortho intramolecular Hbond substituents is 1. The molecule has 0 spiro atoms. The number of hydrogen-bond donors (Lipinski definition) is 1. The third kappa shape index (κ3) is 4.50. The van der Waals surface area contributed by atoms with Crippen LogP contribution in [0.1, 0.15) is 58.6 Å². The summed E-state index contributed by atoms with van der Waals surface area (Å²) in [6.07, 6.45) is 3.52. The van der Waals surface area contributed by atoms with Crippen molar-refractivity contribution in [3.63, 3.8) is 0 Å². The van der Waals surface area contributed by atoms with Gasteiger partial charge in [-0.05, 0) is 51.4 Å². The van der Waals surface area contributed by atoms with E-state index in [9.17, 15) is 5.11 Å². The van der Waals surface area contributed by atoms with E-state index < -0.39 is 0 Å². The molecule has 0 fully saturated rings. The number of nitrogens with zero attached hydrogens (tertiary/aromatic N) is 1. The third-order valence-electron chi connectivity index (χ3n) is 3.86. The molecular weight excluding hydrogens is 302 g/mol. The van der Waals surface area contributed by atoms with Gasteiger partial charge in [-0.2, -0.15) is 0 Å². The van der Waals surface area contributed by atoms with Crippen LogP contribution in [0.25, 0.3) is 0 Å². The van der Waals surface area contributed by atoms with E-state index in [1.165, 1.54) is 12.8 Å². The molecule has 19 heavy (non-hydrogen) atoms. The average Bonchev–Trinajstić information content (AvgIpc) is 2.41. The molecule has 2 unspecified atom stereocenters. The maximum atomic E-state index is 10.1. The molecule has 0 aliphatic carbocycles. The molecule has 1 N–H and O–H groups in total. The first-order chi connectivity index (χ1) is 9.01. The van der Waals surface area contributed by atoms with Crippen LogP contribution in [0.3, 0.4) is 0 Å². The molecule has 0 aliphatic heterocycles. The summed E-state index contributed by atoms with van der Waals surface area (Å²) in [6.45, 7) is 9.97. The van der Waals surface area contributed by atoms with E-state index in [1.807, 2.05) is 12.1 Å². The fourth-order valence-electron chi connectivity index (χ4n) is 2.41. The minimum atomic E-state index is 0.235. The van der Waals surface area contributed by atoms with E-state index in [2.05, 4.69) is 48.5 Å². The predicted octanol–water partition coefficient (Wildman–Crippen LogP) is 5.12. The van der Waals surface area contributed by atoms with Crippen molar-refractivity contribution >= 4 is 15.9 Å². The Balaban J connectivity index is 2.96. The molecule has 1 aromatic rings. The van der Waals surface area contributed by atoms with E-state index in [1.54, 1.807) is 6.07 Å². The SMILES string of the molecule is CCCCN(C(C)CC)C(C)c1cc(Br)ccc1O. The van der Waals surface area contributed by atoms with Crippen molar-refractivity contribution < 1.29 is 5.11 Å². The number of hydrogen-bond acceptors (Lipinski definition) is 2. The number of benzene rings is 1. The monoisotopic (exact) mass is 327 g/mol. The van der Waals surface area contributed by atoms with Gasteiger partial charge < -0.3 is 5.11 Å². The van der Waals surface area contributed by atoms with Crippen LogP contribution < -0.4 is 0 Å². The van der Waals surface area contributed by atoms with Gasteiger partial charge in [0.15, 0.2) is 0 Å². The molecule has 0 bridgehead atoms. The highest BCUT2D eigenvalue weighted by Gasteiger charge is 2.22. The Morgan fingerprint density at radius 2 is 1.95 bits per heavy atom. The fourth-order valence-corrected chi connectivity index (χ4v) is 2.79. The van der Waals surface area contributed by atoms with Crippen LogP contribution in [0.15, 0.2) is 22.7 Å².